The van der Waals surface area contributed by atoms with E-state index >= 15 is 0 Å². The summed E-state index contributed by atoms with van der Waals surface area (Å²) in [7, 11) is 0. The Morgan fingerprint density at radius 1 is 1.21 bits per heavy atom. The molecule has 1 aliphatic rings. The van der Waals surface area contributed by atoms with Crippen LogP contribution in [0.1, 0.15) is 11.1 Å². The van der Waals surface area contributed by atoms with Crippen molar-refractivity contribution in [2.75, 3.05) is 6.54 Å². The van der Waals surface area contributed by atoms with Gasteiger partial charge in [-0.1, -0.05) is 12.1 Å². The lowest BCUT2D eigenvalue weighted by Crippen LogP contribution is -2.53. The Balaban J connectivity index is 1.91. The van der Waals surface area contributed by atoms with Gasteiger partial charge in [-0.3, -0.25) is 29.9 Å². The third-order valence-corrected chi connectivity index (χ3v) is 4.82. The highest BCUT2D eigenvalue weighted by molar-refractivity contribution is 7.80. The number of phenols is 1. The first-order chi connectivity index (χ1) is 15.9. The third-order valence-electron chi connectivity index (χ3n) is 4.49. The van der Waals surface area contributed by atoms with Crippen LogP contribution in [0.3, 0.4) is 0 Å². The summed E-state index contributed by atoms with van der Waals surface area (Å²) in [6.45, 7) is 3.57. The highest BCUT2D eigenvalue weighted by Crippen LogP contribution is 2.40. The number of benzene rings is 2. The van der Waals surface area contributed by atoms with E-state index in [9.17, 15) is 38.0 Å². The van der Waals surface area contributed by atoms with E-state index in [0.717, 1.165) is 17.0 Å². The van der Waals surface area contributed by atoms with Gasteiger partial charge in [-0.2, -0.15) is 13.2 Å². The molecule has 34 heavy (non-hydrogen) atoms. The number of nitrogens with zero attached hydrogens (tertiary/aromatic N) is 2. The Morgan fingerprint density at radius 3 is 2.47 bits per heavy atom. The molecule has 2 aromatic rings. The van der Waals surface area contributed by atoms with Crippen LogP contribution in [0, 0.1) is 10.1 Å². The molecule has 0 radical (unpaired) electrons. The summed E-state index contributed by atoms with van der Waals surface area (Å²) in [6.07, 6.45) is -2.20. The van der Waals surface area contributed by atoms with Crippen molar-refractivity contribution in [3.63, 3.8) is 0 Å². The number of aromatic hydroxyl groups is 1. The molecule has 1 fully saturated rings. The number of ether oxygens (including phenoxy) is 1. The van der Waals surface area contributed by atoms with Crippen molar-refractivity contribution in [1.82, 2.24) is 10.2 Å². The number of carbonyl (C=O) groups is 2. The summed E-state index contributed by atoms with van der Waals surface area (Å²) in [4.78, 5) is 36.0. The van der Waals surface area contributed by atoms with Crippen LogP contribution in [0.5, 0.6) is 17.2 Å². The molecule has 13 heteroatoms. The molecular weight excluding hydrogens is 479 g/mol. The van der Waals surface area contributed by atoms with Crippen LogP contribution in [0.2, 0.25) is 0 Å². The molecule has 0 aliphatic carbocycles. The van der Waals surface area contributed by atoms with Crippen LogP contribution in [0.4, 0.5) is 18.9 Å². The number of nitro groups is 1. The Kier molecular flexibility index (Phi) is 6.68. The van der Waals surface area contributed by atoms with Crippen molar-refractivity contribution in [2.45, 2.75) is 6.18 Å². The van der Waals surface area contributed by atoms with Crippen LogP contribution in [-0.2, 0) is 15.8 Å². The number of phenolic OH excluding ortho intramolecular Hbond substituents is 1. The highest BCUT2D eigenvalue weighted by atomic mass is 32.1. The number of alkyl halides is 3. The average molecular weight is 493 g/mol. The normalized spacial score (nSPS) is 15.3. The largest absolute Gasteiger partial charge is 0.504 e. The van der Waals surface area contributed by atoms with E-state index in [2.05, 4.69) is 11.9 Å². The second-order valence-electron chi connectivity index (χ2n) is 6.79. The number of nitrogens with one attached hydrogen (secondary N) is 1. The lowest BCUT2D eigenvalue weighted by molar-refractivity contribution is -0.385. The van der Waals surface area contributed by atoms with Crippen molar-refractivity contribution >= 4 is 40.9 Å². The molecule has 1 saturated heterocycles. The first kappa shape index (κ1) is 24.4. The number of rotatable bonds is 6. The molecule has 0 unspecified atom stereocenters. The maximum Gasteiger partial charge on any atom is 0.416 e. The Labute approximate surface area is 194 Å². The smallest absolute Gasteiger partial charge is 0.416 e. The molecule has 1 aliphatic heterocycles. The topological polar surface area (TPSA) is 122 Å². The lowest BCUT2D eigenvalue weighted by Gasteiger charge is -2.27. The molecule has 1 heterocycles. The van der Waals surface area contributed by atoms with E-state index in [0.29, 0.717) is 12.1 Å². The number of amides is 2. The van der Waals surface area contributed by atoms with Gasteiger partial charge in [0, 0.05) is 12.6 Å². The minimum absolute atomic E-state index is 0.0548. The van der Waals surface area contributed by atoms with Crippen LogP contribution in [0.25, 0.3) is 6.08 Å². The number of carbonyl (C=O) groups excluding carboxylic acids is 2. The molecule has 2 aromatic carbocycles. The number of thiocarbonyl (C=S) groups is 1. The summed E-state index contributed by atoms with van der Waals surface area (Å²) < 4.78 is 43.8. The van der Waals surface area contributed by atoms with Crippen molar-refractivity contribution in [2.24, 2.45) is 0 Å². The lowest BCUT2D eigenvalue weighted by atomic mass is 10.1. The molecular formula is C21H14F3N3O6S. The van der Waals surface area contributed by atoms with Gasteiger partial charge < -0.3 is 9.84 Å². The summed E-state index contributed by atoms with van der Waals surface area (Å²) in [5.74, 6) is -2.83. The number of hydrogen-bond donors (Lipinski definition) is 2. The zero-order chi connectivity index (χ0) is 25.2. The van der Waals surface area contributed by atoms with E-state index in [1.807, 2.05) is 0 Å². The van der Waals surface area contributed by atoms with Crippen molar-refractivity contribution in [3.8, 4) is 17.2 Å². The van der Waals surface area contributed by atoms with Gasteiger partial charge in [0.1, 0.15) is 5.57 Å². The fourth-order valence-electron chi connectivity index (χ4n) is 2.91. The van der Waals surface area contributed by atoms with E-state index in [4.69, 9.17) is 17.0 Å². The van der Waals surface area contributed by atoms with Crippen LogP contribution < -0.4 is 10.1 Å². The maximum absolute atomic E-state index is 12.9. The third kappa shape index (κ3) is 5.04. The van der Waals surface area contributed by atoms with E-state index in [-0.39, 0.29) is 28.5 Å². The highest BCUT2D eigenvalue weighted by Gasteiger charge is 2.34. The van der Waals surface area contributed by atoms with Gasteiger partial charge >= 0.3 is 11.9 Å². The molecule has 0 saturated carbocycles. The molecule has 0 spiro atoms. The van der Waals surface area contributed by atoms with Crippen molar-refractivity contribution in [3.05, 3.63) is 75.9 Å². The fraction of sp³-hybridized carbons (Fsp3) is 0.0952. The molecule has 0 aromatic heterocycles. The summed E-state index contributed by atoms with van der Waals surface area (Å²) in [5, 5.41) is 23.7. The predicted molar refractivity (Wildman–Crippen MR) is 117 cm³/mol. The molecule has 0 atom stereocenters. The van der Waals surface area contributed by atoms with Crippen LogP contribution >= 0.6 is 12.2 Å². The van der Waals surface area contributed by atoms with Crippen LogP contribution in [0.15, 0.2) is 54.6 Å². The van der Waals surface area contributed by atoms with Crippen molar-refractivity contribution in [1.29, 1.82) is 0 Å². The molecule has 2 amide bonds. The van der Waals surface area contributed by atoms with Gasteiger partial charge in [-0.05, 0) is 48.1 Å². The van der Waals surface area contributed by atoms with Gasteiger partial charge in [0.2, 0.25) is 5.75 Å². The van der Waals surface area contributed by atoms with Gasteiger partial charge in [-0.15, -0.1) is 6.58 Å². The number of hydrogen-bond acceptors (Lipinski definition) is 7. The molecule has 3 rings (SSSR count). The van der Waals surface area contributed by atoms with E-state index < -0.39 is 45.7 Å². The molecule has 0 bridgehead atoms. The number of nitro benzene ring substituents is 1. The Hall–Kier alpha value is -4.26. The second kappa shape index (κ2) is 9.31. The first-order valence-electron chi connectivity index (χ1n) is 9.28. The molecule has 176 valence electrons. The SMILES string of the molecule is C=CCN1C(=O)C(=Cc2ccc(Oc3ccc(C(F)(F)F)cc3[N+](=O)[O-])c(O)c2)C(=O)NC1=S. The first-order valence-corrected chi connectivity index (χ1v) is 9.69. The van der Waals surface area contributed by atoms with E-state index in [1.165, 1.54) is 24.3 Å². The van der Waals surface area contributed by atoms with Crippen molar-refractivity contribution < 1.29 is 37.5 Å². The zero-order valence-corrected chi connectivity index (χ0v) is 17.8. The molecule has 2 N–H and O–H groups in total. The quantitative estimate of drug-likeness (QED) is 0.156. The zero-order valence-electron chi connectivity index (χ0n) is 17.0. The Morgan fingerprint density at radius 2 is 1.88 bits per heavy atom. The van der Waals surface area contributed by atoms with Gasteiger partial charge in [0.25, 0.3) is 11.8 Å². The van der Waals surface area contributed by atoms with Gasteiger partial charge in [0.15, 0.2) is 16.6 Å². The van der Waals surface area contributed by atoms with Gasteiger partial charge in [-0.25, -0.2) is 0 Å². The van der Waals surface area contributed by atoms with Gasteiger partial charge in [0.05, 0.1) is 10.5 Å². The maximum atomic E-state index is 12.9. The van der Waals surface area contributed by atoms with Crippen LogP contribution in [-0.4, -0.2) is 38.4 Å². The standard InChI is InChI=1S/C21H14F3N3O6S/c1-2-7-26-19(30)13(18(29)25-20(26)34)8-11-3-5-17(15(28)9-11)33-16-6-4-12(21(22,23)24)10-14(16)27(31)32/h2-6,8-10,28H,1,7H2,(H,25,29,34). The second-order valence-corrected chi connectivity index (χ2v) is 7.18. The minimum atomic E-state index is -4.80. The molecule has 9 nitrogen and oxygen atoms in total. The average Bonchev–Trinajstić information content (AvgIpc) is 2.75. The number of halogens is 3. The summed E-state index contributed by atoms with van der Waals surface area (Å²) >= 11 is 4.95. The summed E-state index contributed by atoms with van der Waals surface area (Å²) in [6, 6.07) is 5.27. The fourth-order valence-corrected chi connectivity index (χ4v) is 3.16. The Bertz CT molecular complexity index is 1260. The minimum Gasteiger partial charge on any atom is -0.504 e. The summed E-state index contributed by atoms with van der Waals surface area (Å²) in [5.41, 5.74) is -2.28. The monoisotopic (exact) mass is 493 g/mol. The van der Waals surface area contributed by atoms with E-state index in [1.54, 1.807) is 0 Å². The predicted octanol–water partition coefficient (Wildman–Crippen LogP) is 3.92.